The summed E-state index contributed by atoms with van der Waals surface area (Å²) in [7, 11) is 0. The molecule has 330 valence electrons. The van der Waals surface area contributed by atoms with Crippen molar-refractivity contribution in [2.75, 3.05) is 62.4 Å². The van der Waals surface area contributed by atoms with Crippen molar-refractivity contribution >= 4 is 40.9 Å². The first-order chi connectivity index (χ1) is 29.9. The van der Waals surface area contributed by atoms with Gasteiger partial charge in [-0.05, 0) is 72.9 Å². The van der Waals surface area contributed by atoms with E-state index in [1.807, 2.05) is 72.8 Å². The van der Waals surface area contributed by atoms with E-state index < -0.39 is 24.4 Å². The highest BCUT2D eigenvalue weighted by Gasteiger charge is 2.38. The van der Waals surface area contributed by atoms with Gasteiger partial charge in [0, 0.05) is 62.0 Å². The molecule has 0 spiro atoms. The lowest BCUT2D eigenvalue weighted by Crippen LogP contribution is -2.42. The number of Topliss-reactive ketones (excluding diaryl/α,β-unsaturated/α-hetero) is 2. The van der Waals surface area contributed by atoms with Crippen LogP contribution in [0.15, 0.2) is 109 Å². The summed E-state index contributed by atoms with van der Waals surface area (Å²) in [6.45, 7) is 3.96. The van der Waals surface area contributed by atoms with Gasteiger partial charge in [-0.15, -0.1) is 0 Å². The van der Waals surface area contributed by atoms with Gasteiger partial charge in [0.2, 0.25) is 0 Å². The molecule has 2 aliphatic rings. The fourth-order valence-corrected chi connectivity index (χ4v) is 6.77. The highest BCUT2D eigenvalue weighted by Crippen LogP contribution is 2.21. The third-order valence-electron chi connectivity index (χ3n) is 10.5. The number of nitrogens with zero attached hydrogens (tertiary/aromatic N) is 2. The minimum absolute atomic E-state index is 0.00982. The zero-order chi connectivity index (χ0) is 44.3. The molecule has 5 N–H and O–H groups in total. The lowest BCUT2D eigenvalue weighted by Gasteiger charge is -2.26. The molecule has 16 heteroatoms. The predicted molar refractivity (Wildman–Crippen MR) is 229 cm³/mol. The van der Waals surface area contributed by atoms with Crippen LogP contribution in [0.5, 0.6) is 0 Å². The number of carbonyl (C=O) groups excluding carboxylic acids is 5. The van der Waals surface area contributed by atoms with Crippen LogP contribution in [0.3, 0.4) is 0 Å². The normalized spacial score (nSPS) is 14.4. The first kappa shape index (κ1) is 47.0. The zero-order valence-electron chi connectivity index (χ0n) is 34.4. The summed E-state index contributed by atoms with van der Waals surface area (Å²) in [6, 6.07) is 31.7. The van der Waals surface area contributed by atoms with Gasteiger partial charge in [0.25, 0.3) is 0 Å². The second-order valence-electron chi connectivity index (χ2n) is 15.0. The van der Waals surface area contributed by atoms with E-state index >= 15 is 0 Å². The van der Waals surface area contributed by atoms with Crippen molar-refractivity contribution in [1.29, 1.82) is 0 Å². The third kappa shape index (κ3) is 14.8. The Hall–Kier alpha value is -6.10. The highest BCUT2D eigenvalue weighted by atomic mass is 19.4. The molecule has 13 nitrogen and oxygen atoms in total. The van der Waals surface area contributed by atoms with Crippen molar-refractivity contribution in [1.82, 2.24) is 16.0 Å². The summed E-state index contributed by atoms with van der Waals surface area (Å²) in [5.74, 6) is -2.10. The maximum atomic E-state index is 13.0. The average Bonchev–Trinajstić information content (AvgIpc) is 3.31. The van der Waals surface area contributed by atoms with Crippen LogP contribution in [-0.4, -0.2) is 88.3 Å². The summed E-state index contributed by atoms with van der Waals surface area (Å²) >= 11 is 0. The molecule has 2 aliphatic heterocycles. The van der Waals surface area contributed by atoms with Gasteiger partial charge in [-0.1, -0.05) is 84.9 Å². The number of para-hydroxylation sites is 2. The minimum atomic E-state index is -5.05. The molecule has 0 radical (unpaired) electrons. The number of urea groups is 2. The van der Waals surface area contributed by atoms with Crippen molar-refractivity contribution in [3.8, 4) is 0 Å². The Balaban J connectivity index is 0.000000238. The Labute approximate surface area is 359 Å². The first-order valence-electron chi connectivity index (χ1n) is 20.6. The average molecular weight is 859 g/mol. The van der Waals surface area contributed by atoms with Crippen molar-refractivity contribution in [2.45, 2.75) is 44.9 Å². The monoisotopic (exact) mass is 858 g/mol. The van der Waals surface area contributed by atoms with E-state index in [1.165, 1.54) is 12.1 Å². The maximum Gasteiger partial charge on any atom is 0.471 e. The number of rotatable bonds is 15. The Kier molecular flexibility index (Phi) is 18.0. The van der Waals surface area contributed by atoms with Gasteiger partial charge < -0.3 is 31.2 Å². The quantitative estimate of drug-likeness (QED) is 0.0962. The number of ketones is 2. The number of alkyl halides is 3. The van der Waals surface area contributed by atoms with Gasteiger partial charge in [0.1, 0.15) is 0 Å². The second-order valence-corrected chi connectivity index (χ2v) is 15.0. The van der Waals surface area contributed by atoms with Crippen molar-refractivity contribution in [3.05, 3.63) is 131 Å². The summed E-state index contributed by atoms with van der Waals surface area (Å²) in [5.41, 5.74) is 9.34. The van der Waals surface area contributed by atoms with Crippen LogP contribution in [0.4, 0.5) is 34.1 Å². The topological polar surface area (TPSA) is 172 Å². The van der Waals surface area contributed by atoms with E-state index in [0.29, 0.717) is 55.9 Å². The molecule has 2 saturated heterocycles. The lowest BCUT2D eigenvalue weighted by molar-refractivity contribution is -0.173. The number of ether oxygens (including phenoxy) is 2. The smallest absolute Gasteiger partial charge is 0.381 e. The molecule has 6 rings (SSSR count). The van der Waals surface area contributed by atoms with Crippen molar-refractivity contribution < 1.29 is 46.6 Å². The number of amides is 5. The number of nitrogens with one attached hydrogen (secondary N) is 3. The Morgan fingerprint density at radius 3 is 1.32 bits per heavy atom. The molecular formula is C46H53F3N6O7. The predicted octanol–water partition coefficient (Wildman–Crippen LogP) is 6.66. The van der Waals surface area contributed by atoms with Gasteiger partial charge in [0.05, 0.1) is 26.2 Å². The molecule has 2 heterocycles. The number of nitrogens with two attached hydrogens (primary N) is 1. The summed E-state index contributed by atoms with van der Waals surface area (Å²) in [6.07, 6.45) is -1.31. The van der Waals surface area contributed by atoms with Gasteiger partial charge >= 0.3 is 24.1 Å². The number of hydrogen-bond donors (Lipinski definition) is 4. The Bertz CT molecular complexity index is 2040. The summed E-state index contributed by atoms with van der Waals surface area (Å²) in [5, 5.41) is 7.62. The molecule has 62 heavy (non-hydrogen) atoms. The molecule has 0 saturated carbocycles. The van der Waals surface area contributed by atoms with Gasteiger partial charge in [-0.25, -0.2) is 9.59 Å². The van der Waals surface area contributed by atoms with Crippen LogP contribution in [-0.2, 0) is 27.4 Å². The van der Waals surface area contributed by atoms with Crippen molar-refractivity contribution in [2.24, 2.45) is 17.6 Å². The van der Waals surface area contributed by atoms with Crippen LogP contribution in [0.1, 0.15) is 57.5 Å². The van der Waals surface area contributed by atoms with E-state index in [9.17, 15) is 37.1 Å². The molecule has 0 aliphatic carbocycles. The lowest BCUT2D eigenvalue weighted by atomic mass is 10.0. The fraction of sp³-hybridized carbons (Fsp3) is 0.370. The second kappa shape index (κ2) is 23.8. The molecule has 0 aromatic heterocycles. The highest BCUT2D eigenvalue weighted by molar-refractivity contribution is 6.00. The maximum absolute atomic E-state index is 13.0. The van der Waals surface area contributed by atoms with Crippen LogP contribution < -0.4 is 31.5 Å². The Morgan fingerprint density at radius 2 is 0.952 bits per heavy atom. The minimum Gasteiger partial charge on any atom is -0.381 e. The van der Waals surface area contributed by atoms with E-state index in [4.69, 9.17) is 15.2 Å². The van der Waals surface area contributed by atoms with Crippen LogP contribution in [0.2, 0.25) is 0 Å². The van der Waals surface area contributed by atoms with E-state index in [-0.39, 0.29) is 36.5 Å². The van der Waals surface area contributed by atoms with Gasteiger partial charge in [-0.3, -0.25) is 24.2 Å². The molecule has 0 atom stereocenters. The van der Waals surface area contributed by atoms with Crippen LogP contribution >= 0.6 is 0 Å². The Morgan fingerprint density at radius 1 is 0.565 bits per heavy atom. The molecule has 5 amide bonds. The van der Waals surface area contributed by atoms with E-state index in [0.717, 1.165) is 55.7 Å². The molecule has 4 aromatic rings. The molecule has 4 aromatic carbocycles. The number of halogens is 3. The standard InChI is InChI=1S/C24H26F3N3O4.C22H27N3O3/c25-24(26,27)22(32)28-15-21(31)19-8-6-18(7-9-19)16-30(20-4-2-1-3-5-20)23(33)29-14-17-10-12-34-13-11-17;23-14-21(26)19-8-6-18(7-9-19)16-25(20-4-2-1-3-5-20)22(27)24-15-17-10-12-28-13-11-17/h1-9,17H,10-16H2,(H,28,32)(H,29,33);1-9,17H,10-16,23H2,(H,24,27). The molecule has 0 bridgehead atoms. The third-order valence-corrected chi connectivity index (χ3v) is 10.5. The fourth-order valence-electron chi connectivity index (χ4n) is 6.77. The van der Waals surface area contributed by atoms with Crippen molar-refractivity contribution in [3.63, 3.8) is 0 Å². The van der Waals surface area contributed by atoms with Gasteiger partial charge in [0.15, 0.2) is 11.6 Å². The van der Waals surface area contributed by atoms with E-state index in [1.54, 1.807) is 39.4 Å². The van der Waals surface area contributed by atoms with Crippen LogP contribution in [0.25, 0.3) is 0 Å². The largest absolute Gasteiger partial charge is 0.471 e. The summed E-state index contributed by atoms with van der Waals surface area (Å²) < 4.78 is 47.6. The molecule has 2 fully saturated rings. The number of anilines is 2. The zero-order valence-corrected chi connectivity index (χ0v) is 34.4. The van der Waals surface area contributed by atoms with Crippen LogP contribution in [0, 0.1) is 11.8 Å². The van der Waals surface area contributed by atoms with Gasteiger partial charge in [-0.2, -0.15) is 13.2 Å². The molecular weight excluding hydrogens is 806 g/mol. The number of carbonyl (C=O) groups is 5. The summed E-state index contributed by atoms with van der Waals surface area (Å²) in [4.78, 5) is 63.9. The first-order valence-corrected chi connectivity index (χ1v) is 20.6. The number of hydrogen-bond acceptors (Lipinski definition) is 8. The van der Waals surface area contributed by atoms with E-state index in [2.05, 4.69) is 10.6 Å². The SMILES string of the molecule is NCC(=O)c1ccc(CN(C(=O)NCC2CCOCC2)c2ccccc2)cc1.O=C(CNC(=O)C(F)(F)F)c1ccc(CN(C(=O)NCC2CCOCC2)c2ccccc2)cc1. The molecule has 0 unspecified atom stereocenters. The number of benzene rings is 4.